The van der Waals surface area contributed by atoms with Crippen LogP contribution in [0.25, 0.3) is 0 Å². The van der Waals surface area contributed by atoms with Gasteiger partial charge in [-0.1, -0.05) is 17.3 Å². The van der Waals surface area contributed by atoms with Crippen LogP contribution in [-0.2, 0) is 6.54 Å². The molecule has 1 aromatic carbocycles. The fourth-order valence-electron chi connectivity index (χ4n) is 2.52. The number of oxime groups is 1. The van der Waals surface area contributed by atoms with Crippen LogP contribution in [0, 0.1) is 6.92 Å². The largest absolute Gasteiger partial charge is 0.409 e. The number of nitrogens with two attached hydrogens (primary N) is 1. The van der Waals surface area contributed by atoms with Gasteiger partial charge in [0.25, 0.3) is 0 Å². The normalized spacial score (nSPS) is 20.1. The minimum absolute atomic E-state index is 0.133. The van der Waals surface area contributed by atoms with Gasteiger partial charge in [0, 0.05) is 25.2 Å². The van der Waals surface area contributed by atoms with E-state index >= 15 is 0 Å². The maximum absolute atomic E-state index is 9.96. The van der Waals surface area contributed by atoms with Crippen molar-refractivity contribution in [2.24, 2.45) is 10.9 Å². The molecule has 110 valence electrons. The molecular weight excluding hydrogens is 254 g/mol. The molecule has 0 bridgehead atoms. The lowest BCUT2D eigenvalue weighted by atomic mass is 9.93. The van der Waals surface area contributed by atoms with E-state index in [0.717, 1.165) is 43.6 Å². The summed E-state index contributed by atoms with van der Waals surface area (Å²) in [7, 11) is 0. The Bertz CT molecular complexity index is 502. The van der Waals surface area contributed by atoms with Crippen LogP contribution in [0.5, 0.6) is 0 Å². The van der Waals surface area contributed by atoms with E-state index in [4.69, 9.17) is 10.9 Å². The summed E-state index contributed by atoms with van der Waals surface area (Å²) in [5, 5.41) is 21.7. The number of aliphatic hydroxyl groups is 1. The van der Waals surface area contributed by atoms with Gasteiger partial charge in [-0.15, -0.1) is 0 Å². The molecule has 0 radical (unpaired) electrons. The first-order valence-electron chi connectivity index (χ1n) is 6.93. The molecule has 5 heteroatoms. The number of aryl methyl sites for hydroxylation is 1. The van der Waals surface area contributed by atoms with Gasteiger partial charge in [0.1, 0.15) is 0 Å². The Balaban J connectivity index is 2.04. The Kier molecular flexibility index (Phi) is 4.30. The maximum atomic E-state index is 9.96. The van der Waals surface area contributed by atoms with Gasteiger partial charge in [-0.2, -0.15) is 0 Å². The molecule has 0 atom stereocenters. The average Bonchev–Trinajstić information content (AvgIpc) is 2.42. The lowest BCUT2D eigenvalue weighted by Crippen LogP contribution is -2.42. The number of amidine groups is 1. The van der Waals surface area contributed by atoms with Crippen LogP contribution in [-0.4, -0.2) is 39.7 Å². The molecule has 4 N–H and O–H groups in total. The summed E-state index contributed by atoms with van der Waals surface area (Å²) in [4.78, 5) is 2.35. The molecule has 1 aliphatic heterocycles. The van der Waals surface area contributed by atoms with E-state index in [2.05, 4.69) is 10.1 Å². The zero-order valence-corrected chi connectivity index (χ0v) is 12.1. The van der Waals surface area contributed by atoms with E-state index < -0.39 is 5.60 Å². The Morgan fingerprint density at radius 2 is 2.05 bits per heavy atom. The Morgan fingerprint density at radius 1 is 1.40 bits per heavy atom. The molecule has 1 fully saturated rings. The standard InChI is InChI=1S/C15H23N3O2/c1-11-9-12(14(16)17-20)3-4-13(11)10-18-7-5-15(2,19)6-8-18/h3-4,9,19-20H,5-8,10H2,1-2H3,(H2,16,17). The van der Waals surface area contributed by atoms with Crippen molar-refractivity contribution in [3.05, 3.63) is 34.9 Å². The molecule has 0 aliphatic carbocycles. The summed E-state index contributed by atoms with van der Waals surface area (Å²) in [6.07, 6.45) is 1.63. The third-order valence-electron chi connectivity index (χ3n) is 4.07. The van der Waals surface area contributed by atoms with E-state index in [1.54, 1.807) is 0 Å². The van der Waals surface area contributed by atoms with Gasteiger partial charge in [-0.25, -0.2) is 0 Å². The fraction of sp³-hybridized carbons (Fsp3) is 0.533. The molecule has 20 heavy (non-hydrogen) atoms. The van der Waals surface area contributed by atoms with Crippen molar-refractivity contribution in [1.82, 2.24) is 4.90 Å². The first-order chi connectivity index (χ1) is 9.41. The average molecular weight is 277 g/mol. The lowest BCUT2D eigenvalue weighted by molar-refractivity contribution is -0.00733. The third-order valence-corrected chi connectivity index (χ3v) is 4.07. The zero-order chi connectivity index (χ0) is 14.8. The molecule has 0 aromatic heterocycles. The van der Waals surface area contributed by atoms with E-state index in [1.807, 2.05) is 32.0 Å². The van der Waals surface area contributed by atoms with Gasteiger partial charge >= 0.3 is 0 Å². The highest BCUT2D eigenvalue weighted by atomic mass is 16.4. The number of likely N-dealkylation sites (tertiary alicyclic amines) is 1. The summed E-state index contributed by atoms with van der Waals surface area (Å²) in [5.41, 5.74) is 8.18. The molecular formula is C15H23N3O2. The fourth-order valence-corrected chi connectivity index (χ4v) is 2.52. The van der Waals surface area contributed by atoms with Crippen LogP contribution < -0.4 is 5.73 Å². The van der Waals surface area contributed by atoms with Crippen LogP contribution in [0.1, 0.15) is 36.5 Å². The summed E-state index contributed by atoms with van der Waals surface area (Å²) in [6.45, 7) is 6.63. The molecule has 0 spiro atoms. The highest BCUT2D eigenvalue weighted by Gasteiger charge is 2.27. The predicted molar refractivity (Wildman–Crippen MR) is 78.8 cm³/mol. The molecule has 1 aliphatic rings. The van der Waals surface area contributed by atoms with Crippen LogP contribution in [0.4, 0.5) is 0 Å². The smallest absolute Gasteiger partial charge is 0.170 e. The van der Waals surface area contributed by atoms with Crippen molar-refractivity contribution in [2.45, 2.75) is 38.8 Å². The molecule has 0 saturated carbocycles. The van der Waals surface area contributed by atoms with Crippen molar-refractivity contribution in [2.75, 3.05) is 13.1 Å². The third kappa shape index (κ3) is 3.49. The van der Waals surface area contributed by atoms with Gasteiger partial charge in [0.15, 0.2) is 5.84 Å². The first-order valence-corrected chi connectivity index (χ1v) is 6.93. The monoisotopic (exact) mass is 277 g/mol. The van der Waals surface area contributed by atoms with Crippen LogP contribution in [0.3, 0.4) is 0 Å². The lowest BCUT2D eigenvalue weighted by Gasteiger charge is -2.36. The highest BCUT2D eigenvalue weighted by molar-refractivity contribution is 5.97. The van der Waals surface area contributed by atoms with Crippen molar-refractivity contribution >= 4 is 5.84 Å². The number of rotatable bonds is 3. The van der Waals surface area contributed by atoms with Gasteiger partial charge in [-0.05, 0) is 43.9 Å². The molecule has 1 saturated heterocycles. The first kappa shape index (κ1) is 14.8. The summed E-state index contributed by atoms with van der Waals surface area (Å²) in [5.74, 6) is 0.133. The van der Waals surface area contributed by atoms with Gasteiger partial charge in [0.2, 0.25) is 0 Å². The SMILES string of the molecule is Cc1cc(/C(N)=N/O)ccc1CN1CCC(C)(O)CC1. The summed E-state index contributed by atoms with van der Waals surface area (Å²) in [6, 6.07) is 5.83. The van der Waals surface area contributed by atoms with Crippen molar-refractivity contribution in [1.29, 1.82) is 0 Å². The second-order valence-corrected chi connectivity index (χ2v) is 5.90. The number of benzene rings is 1. The quantitative estimate of drug-likeness (QED) is 0.338. The van der Waals surface area contributed by atoms with E-state index in [0.29, 0.717) is 0 Å². The van der Waals surface area contributed by atoms with Crippen molar-refractivity contribution in [3.8, 4) is 0 Å². The van der Waals surface area contributed by atoms with Gasteiger partial charge < -0.3 is 16.0 Å². The van der Waals surface area contributed by atoms with E-state index in [-0.39, 0.29) is 5.84 Å². The van der Waals surface area contributed by atoms with Crippen LogP contribution in [0.15, 0.2) is 23.4 Å². The maximum Gasteiger partial charge on any atom is 0.170 e. The van der Waals surface area contributed by atoms with Crippen LogP contribution >= 0.6 is 0 Å². The minimum Gasteiger partial charge on any atom is -0.409 e. The van der Waals surface area contributed by atoms with Crippen molar-refractivity contribution < 1.29 is 10.3 Å². The second kappa shape index (κ2) is 5.81. The summed E-state index contributed by atoms with van der Waals surface area (Å²) < 4.78 is 0. The Hall–Kier alpha value is -1.59. The second-order valence-electron chi connectivity index (χ2n) is 5.90. The topological polar surface area (TPSA) is 82.1 Å². The number of hydrogen-bond donors (Lipinski definition) is 3. The van der Waals surface area contributed by atoms with E-state index in [9.17, 15) is 5.11 Å². The molecule has 5 nitrogen and oxygen atoms in total. The molecule has 0 amide bonds. The zero-order valence-electron chi connectivity index (χ0n) is 12.1. The number of piperidine rings is 1. The molecule has 1 heterocycles. The predicted octanol–water partition coefficient (Wildman–Crippen LogP) is 1.44. The molecule has 1 aromatic rings. The number of hydrogen-bond acceptors (Lipinski definition) is 4. The number of nitrogens with zero attached hydrogens (tertiary/aromatic N) is 2. The minimum atomic E-state index is -0.512. The van der Waals surface area contributed by atoms with Gasteiger partial charge in [-0.3, -0.25) is 4.90 Å². The molecule has 2 rings (SSSR count). The van der Waals surface area contributed by atoms with Crippen molar-refractivity contribution in [3.63, 3.8) is 0 Å². The van der Waals surface area contributed by atoms with E-state index in [1.165, 1.54) is 5.56 Å². The van der Waals surface area contributed by atoms with Gasteiger partial charge in [0.05, 0.1) is 5.60 Å². The highest BCUT2D eigenvalue weighted by Crippen LogP contribution is 2.23. The summed E-state index contributed by atoms with van der Waals surface area (Å²) >= 11 is 0. The molecule has 0 unspecified atom stereocenters. The Morgan fingerprint density at radius 3 is 2.60 bits per heavy atom. The Labute approximate surface area is 119 Å². The van der Waals surface area contributed by atoms with Crippen LogP contribution in [0.2, 0.25) is 0 Å².